The zero-order chi connectivity index (χ0) is 8.69. The van der Waals surface area contributed by atoms with Crippen LogP contribution in [0.1, 0.15) is 33.6 Å². The molecule has 0 aromatic rings. The highest BCUT2D eigenvalue weighted by Gasteiger charge is 2.07. The van der Waals surface area contributed by atoms with E-state index in [2.05, 4.69) is 4.74 Å². The zero-order valence-corrected chi connectivity index (χ0v) is 7.29. The molecule has 0 amide bonds. The highest BCUT2D eigenvalue weighted by Crippen LogP contribution is 1.99. The van der Waals surface area contributed by atoms with E-state index in [1.165, 1.54) is 6.61 Å². The Bertz CT molecular complexity index is 112. The molecule has 0 aliphatic carbocycles. The van der Waals surface area contributed by atoms with Crippen LogP contribution in [0.3, 0.4) is 0 Å². The lowest BCUT2D eigenvalue weighted by Crippen LogP contribution is -2.13. The molecular formula is C8H15O3. The largest absolute Gasteiger partial charge is 0.508 e. The predicted molar refractivity (Wildman–Crippen MR) is 41.9 cm³/mol. The van der Waals surface area contributed by atoms with E-state index in [-0.39, 0.29) is 6.10 Å². The third-order valence-corrected chi connectivity index (χ3v) is 1.22. The molecule has 1 unspecified atom stereocenters. The quantitative estimate of drug-likeness (QED) is 0.591. The average molecular weight is 159 g/mol. The lowest BCUT2D eigenvalue weighted by atomic mass is 10.3. The number of hydrogen-bond donors (Lipinski definition) is 0. The fraction of sp³-hybridized carbons (Fsp3) is 0.750. The first-order valence-corrected chi connectivity index (χ1v) is 3.89. The van der Waals surface area contributed by atoms with Gasteiger partial charge in [-0.3, -0.25) is 0 Å². The van der Waals surface area contributed by atoms with Crippen molar-refractivity contribution in [3.8, 4) is 0 Å². The summed E-state index contributed by atoms with van der Waals surface area (Å²) in [7, 11) is 0. The zero-order valence-electron chi connectivity index (χ0n) is 7.29. The molecule has 11 heavy (non-hydrogen) atoms. The Morgan fingerprint density at radius 2 is 2.18 bits per heavy atom. The molecule has 65 valence electrons. The Balaban J connectivity index is 3.36. The maximum absolute atomic E-state index is 10.7. The first kappa shape index (κ1) is 10.3. The van der Waals surface area contributed by atoms with Crippen LogP contribution in [0.4, 0.5) is 4.79 Å². The molecule has 0 spiro atoms. The Kier molecular flexibility index (Phi) is 5.61. The van der Waals surface area contributed by atoms with E-state index in [9.17, 15) is 4.79 Å². The highest BCUT2D eigenvalue weighted by atomic mass is 16.7. The fourth-order valence-electron chi connectivity index (χ4n) is 0.427. The summed E-state index contributed by atoms with van der Waals surface area (Å²) < 4.78 is 9.39. The monoisotopic (exact) mass is 159 g/mol. The smallest absolute Gasteiger partial charge is 0.431 e. The molecule has 3 nitrogen and oxygen atoms in total. The first-order valence-electron chi connectivity index (χ1n) is 3.89. The van der Waals surface area contributed by atoms with E-state index < -0.39 is 6.16 Å². The van der Waals surface area contributed by atoms with E-state index in [4.69, 9.17) is 4.74 Å². The van der Waals surface area contributed by atoms with E-state index in [1.807, 2.05) is 20.8 Å². The van der Waals surface area contributed by atoms with Gasteiger partial charge in [0.05, 0.1) is 0 Å². The molecular weight excluding hydrogens is 144 g/mol. The summed E-state index contributed by atoms with van der Waals surface area (Å²) in [4.78, 5) is 10.7. The standard InChI is InChI=1S/C8H15O3/c1-4-6-10-8(9)11-7(3)5-2/h6-7H,4-5H2,1-3H3. The van der Waals surface area contributed by atoms with Gasteiger partial charge in [0.15, 0.2) is 0 Å². The molecule has 0 fully saturated rings. The van der Waals surface area contributed by atoms with E-state index in [0.29, 0.717) is 6.42 Å². The summed E-state index contributed by atoms with van der Waals surface area (Å²) in [6.45, 7) is 7.08. The number of ether oxygens (including phenoxy) is 2. The summed E-state index contributed by atoms with van der Waals surface area (Å²) in [5.41, 5.74) is 0. The summed E-state index contributed by atoms with van der Waals surface area (Å²) in [5, 5.41) is 0. The van der Waals surface area contributed by atoms with Gasteiger partial charge in [-0.05, 0) is 19.8 Å². The fourth-order valence-corrected chi connectivity index (χ4v) is 0.427. The van der Waals surface area contributed by atoms with Crippen molar-refractivity contribution in [2.75, 3.05) is 0 Å². The van der Waals surface area contributed by atoms with Gasteiger partial charge >= 0.3 is 6.16 Å². The third kappa shape index (κ3) is 5.70. The van der Waals surface area contributed by atoms with Crippen molar-refractivity contribution >= 4 is 6.16 Å². The van der Waals surface area contributed by atoms with E-state index in [1.54, 1.807) is 0 Å². The molecule has 0 saturated heterocycles. The molecule has 0 rings (SSSR count). The molecule has 1 radical (unpaired) electrons. The normalized spacial score (nSPS) is 12.3. The first-order chi connectivity index (χ1) is 5.20. The van der Waals surface area contributed by atoms with Gasteiger partial charge in [-0.15, -0.1) is 0 Å². The minimum Gasteiger partial charge on any atom is -0.431 e. The SMILES string of the molecule is CC[CH]OC(=O)OC(C)CC. The number of carbonyl (C=O) groups excluding carboxylic acids is 1. The van der Waals surface area contributed by atoms with Gasteiger partial charge in [-0.2, -0.15) is 0 Å². The summed E-state index contributed by atoms with van der Waals surface area (Å²) in [5.74, 6) is 0. The van der Waals surface area contributed by atoms with Crippen LogP contribution in [0.15, 0.2) is 0 Å². The lowest BCUT2D eigenvalue weighted by molar-refractivity contribution is 0.0424. The number of hydrogen-bond acceptors (Lipinski definition) is 3. The number of rotatable bonds is 4. The van der Waals surface area contributed by atoms with Crippen molar-refractivity contribution < 1.29 is 14.3 Å². The summed E-state index contributed by atoms with van der Waals surface area (Å²) >= 11 is 0. The van der Waals surface area contributed by atoms with E-state index >= 15 is 0 Å². The molecule has 0 aromatic heterocycles. The van der Waals surface area contributed by atoms with Crippen LogP contribution in [-0.4, -0.2) is 12.3 Å². The molecule has 0 bridgehead atoms. The van der Waals surface area contributed by atoms with Gasteiger partial charge in [-0.25, -0.2) is 4.79 Å². The molecule has 0 heterocycles. The Morgan fingerprint density at radius 1 is 1.55 bits per heavy atom. The molecule has 3 heteroatoms. The molecule has 0 aromatic carbocycles. The molecule has 0 aliphatic heterocycles. The molecule has 0 aliphatic rings. The topological polar surface area (TPSA) is 35.5 Å². The highest BCUT2D eigenvalue weighted by molar-refractivity contribution is 5.60. The third-order valence-electron chi connectivity index (χ3n) is 1.22. The van der Waals surface area contributed by atoms with Crippen molar-refractivity contribution in [3.63, 3.8) is 0 Å². The second-order valence-corrected chi connectivity index (χ2v) is 2.28. The molecule has 1 atom stereocenters. The van der Waals surface area contributed by atoms with Gasteiger partial charge in [0, 0.05) is 0 Å². The number of carbonyl (C=O) groups is 1. The minimum atomic E-state index is -0.610. The van der Waals surface area contributed by atoms with Crippen molar-refractivity contribution in [1.82, 2.24) is 0 Å². The average Bonchev–Trinajstić information content (AvgIpc) is 2.00. The molecule has 0 saturated carbocycles. The second-order valence-electron chi connectivity index (χ2n) is 2.28. The van der Waals surface area contributed by atoms with Gasteiger partial charge < -0.3 is 9.47 Å². The maximum atomic E-state index is 10.7. The van der Waals surface area contributed by atoms with Gasteiger partial charge in [0.25, 0.3) is 0 Å². The second kappa shape index (κ2) is 6.01. The van der Waals surface area contributed by atoms with Crippen molar-refractivity contribution in [2.45, 2.75) is 39.7 Å². The van der Waals surface area contributed by atoms with Crippen molar-refractivity contribution in [3.05, 3.63) is 6.61 Å². The van der Waals surface area contributed by atoms with Crippen LogP contribution in [0.5, 0.6) is 0 Å². The summed E-state index contributed by atoms with van der Waals surface area (Å²) in [6, 6.07) is 0. The van der Waals surface area contributed by atoms with Crippen LogP contribution in [0, 0.1) is 6.61 Å². The van der Waals surface area contributed by atoms with Crippen LogP contribution >= 0.6 is 0 Å². The van der Waals surface area contributed by atoms with Crippen LogP contribution < -0.4 is 0 Å². The maximum Gasteiger partial charge on any atom is 0.508 e. The van der Waals surface area contributed by atoms with Crippen LogP contribution in [0.25, 0.3) is 0 Å². The van der Waals surface area contributed by atoms with Gasteiger partial charge in [-0.1, -0.05) is 13.8 Å². The Labute approximate surface area is 67.7 Å². The predicted octanol–water partition coefficient (Wildman–Crippen LogP) is 2.51. The van der Waals surface area contributed by atoms with Crippen molar-refractivity contribution in [2.24, 2.45) is 0 Å². The Hall–Kier alpha value is -0.730. The molecule has 0 N–H and O–H groups in total. The van der Waals surface area contributed by atoms with Crippen LogP contribution in [-0.2, 0) is 9.47 Å². The van der Waals surface area contributed by atoms with Crippen molar-refractivity contribution in [1.29, 1.82) is 0 Å². The van der Waals surface area contributed by atoms with E-state index in [0.717, 1.165) is 6.42 Å². The van der Waals surface area contributed by atoms with Gasteiger partial charge in [0.1, 0.15) is 12.7 Å². The van der Waals surface area contributed by atoms with Crippen LogP contribution in [0.2, 0.25) is 0 Å². The minimum absolute atomic E-state index is 0.0623. The van der Waals surface area contributed by atoms with Gasteiger partial charge in [0.2, 0.25) is 0 Å². The summed E-state index contributed by atoms with van der Waals surface area (Å²) in [6.07, 6.45) is 0.838. The Morgan fingerprint density at radius 3 is 2.64 bits per heavy atom. The lowest BCUT2D eigenvalue weighted by Gasteiger charge is -2.09.